The Labute approximate surface area is 101 Å². The van der Waals surface area contributed by atoms with Gasteiger partial charge in [0.25, 0.3) is 0 Å². The van der Waals surface area contributed by atoms with Gasteiger partial charge in [-0.3, -0.25) is 4.79 Å². The van der Waals surface area contributed by atoms with Crippen LogP contribution < -0.4 is 0 Å². The quantitative estimate of drug-likeness (QED) is 0.684. The maximum atomic E-state index is 10.9. The van der Waals surface area contributed by atoms with E-state index in [1.165, 1.54) is 7.11 Å². The third-order valence-corrected chi connectivity index (χ3v) is 2.52. The molecule has 1 heterocycles. The Hall–Kier alpha value is -0.570. The summed E-state index contributed by atoms with van der Waals surface area (Å²) in [4.78, 5) is 13.2. The highest BCUT2D eigenvalue weighted by Gasteiger charge is 2.19. The fraction of sp³-hybridized carbons (Fsp3) is 0.923. The van der Waals surface area contributed by atoms with E-state index in [-0.39, 0.29) is 5.97 Å². The van der Waals surface area contributed by atoms with Crippen molar-refractivity contribution >= 4 is 5.97 Å². The molecule has 0 aromatic rings. The van der Waals surface area contributed by atoms with Crippen LogP contribution >= 0.6 is 0 Å². The zero-order valence-corrected chi connectivity index (χ0v) is 11.9. The van der Waals surface area contributed by atoms with Crippen LogP contribution in [0.25, 0.3) is 0 Å². The number of carbonyl (C=O) groups is 1. The first-order valence-corrected chi connectivity index (χ1v) is 6.47. The molecule has 0 N–H and O–H groups in total. The number of hydrogen-bond donors (Lipinski definition) is 0. The molecule has 1 aliphatic heterocycles. The van der Waals surface area contributed by atoms with Crippen molar-refractivity contribution in [2.24, 2.45) is 5.92 Å². The highest BCUT2D eigenvalue weighted by molar-refractivity contribution is 5.69. The average molecular weight is 231 g/mol. The predicted octanol–water partition coefficient (Wildman–Crippen LogP) is 2.94. The lowest BCUT2D eigenvalue weighted by Gasteiger charge is -2.28. The van der Waals surface area contributed by atoms with E-state index in [0.717, 1.165) is 25.9 Å². The topological polar surface area (TPSA) is 29.5 Å². The van der Waals surface area contributed by atoms with Crippen molar-refractivity contribution in [1.29, 1.82) is 0 Å². The Bertz CT molecular complexity index is 152. The van der Waals surface area contributed by atoms with Crippen molar-refractivity contribution in [1.82, 2.24) is 4.90 Å². The molecule has 0 amide bonds. The van der Waals surface area contributed by atoms with Gasteiger partial charge >= 0.3 is 5.97 Å². The van der Waals surface area contributed by atoms with Crippen molar-refractivity contribution in [2.45, 2.75) is 47.0 Å². The summed E-state index contributed by atoms with van der Waals surface area (Å²) in [5, 5.41) is 0. The number of rotatable bonds is 2. The Balaban J connectivity index is 0. The normalized spacial score (nSPS) is 16.4. The number of methoxy groups -OCH3 is 1. The van der Waals surface area contributed by atoms with Crippen molar-refractivity contribution in [3.05, 3.63) is 0 Å². The van der Waals surface area contributed by atoms with Crippen LogP contribution in [-0.2, 0) is 9.53 Å². The van der Waals surface area contributed by atoms with E-state index in [0.29, 0.717) is 12.3 Å². The van der Waals surface area contributed by atoms with Crippen LogP contribution in [0.3, 0.4) is 0 Å². The molecule has 1 aliphatic rings. The molecule has 0 bridgehead atoms. The zero-order valence-electron chi connectivity index (χ0n) is 11.9. The van der Waals surface area contributed by atoms with Crippen LogP contribution in [0.1, 0.15) is 47.0 Å². The maximum absolute atomic E-state index is 10.9. The first-order valence-electron chi connectivity index (χ1n) is 6.47. The first kappa shape index (κ1) is 17.8. The second-order valence-electron chi connectivity index (χ2n) is 3.53. The first-order chi connectivity index (χ1) is 7.72. The van der Waals surface area contributed by atoms with Crippen LogP contribution in [0.15, 0.2) is 0 Å². The van der Waals surface area contributed by atoms with Gasteiger partial charge in [-0.15, -0.1) is 0 Å². The molecule has 1 rings (SSSR count). The van der Waals surface area contributed by atoms with Gasteiger partial charge in [0.1, 0.15) is 0 Å². The van der Waals surface area contributed by atoms with E-state index in [1.807, 2.05) is 27.7 Å². The van der Waals surface area contributed by atoms with E-state index in [9.17, 15) is 4.79 Å². The number of ether oxygens (including phenoxy) is 1. The molecule has 0 unspecified atom stereocenters. The molecule has 0 radical (unpaired) electrons. The van der Waals surface area contributed by atoms with Gasteiger partial charge in [-0.1, -0.05) is 27.7 Å². The Morgan fingerprint density at radius 2 is 1.62 bits per heavy atom. The van der Waals surface area contributed by atoms with Crippen LogP contribution in [0.4, 0.5) is 0 Å². The predicted molar refractivity (Wildman–Crippen MR) is 69.6 cm³/mol. The third kappa shape index (κ3) is 8.72. The molecule has 3 heteroatoms. The monoisotopic (exact) mass is 231 g/mol. The average Bonchev–Trinajstić information content (AvgIpc) is 2.37. The minimum atomic E-state index is -0.0652. The molecule has 0 aliphatic carbocycles. The molecule has 0 aromatic carbocycles. The summed E-state index contributed by atoms with van der Waals surface area (Å²) in [6, 6.07) is 0. The lowest BCUT2D eigenvalue weighted by Crippen LogP contribution is -2.31. The van der Waals surface area contributed by atoms with Gasteiger partial charge in [-0.25, -0.2) is 0 Å². The van der Waals surface area contributed by atoms with Crippen molar-refractivity contribution < 1.29 is 9.53 Å². The van der Waals surface area contributed by atoms with Gasteiger partial charge in [0.15, 0.2) is 0 Å². The molecule has 0 spiro atoms. The highest BCUT2D eigenvalue weighted by Crippen LogP contribution is 2.19. The number of esters is 1. The van der Waals surface area contributed by atoms with Gasteiger partial charge < -0.3 is 9.64 Å². The number of nitrogens with zero attached hydrogens (tertiary/aromatic N) is 1. The summed E-state index contributed by atoms with van der Waals surface area (Å²) in [6.45, 7) is 10.2. The second kappa shape index (κ2) is 12.5. The Morgan fingerprint density at radius 1 is 1.19 bits per heavy atom. The number of carbonyl (C=O) groups excluding carboxylic acids is 1. The summed E-state index contributed by atoms with van der Waals surface area (Å²) in [6.07, 6.45) is 2.86. The molecule has 1 fully saturated rings. The molecule has 0 atom stereocenters. The van der Waals surface area contributed by atoms with Gasteiger partial charge in [0, 0.05) is 6.42 Å². The van der Waals surface area contributed by atoms with Crippen LogP contribution in [0, 0.1) is 5.92 Å². The van der Waals surface area contributed by atoms with Crippen LogP contribution in [0.2, 0.25) is 0 Å². The largest absolute Gasteiger partial charge is 0.469 e. The summed E-state index contributed by atoms with van der Waals surface area (Å²) in [5.74, 6) is 0.484. The van der Waals surface area contributed by atoms with E-state index in [2.05, 4.69) is 16.7 Å². The summed E-state index contributed by atoms with van der Waals surface area (Å²) in [5.41, 5.74) is 0. The van der Waals surface area contributed by atoms with Crippen molar-refractivity contribution in [3.63, 3.8) is 0 Å². The Kier molecular flexibility index (Phi) is 13.9. The summed E-state index contributed by atoms with van der Waals surface area (Å²) in [7, 11) is 3.58. The molecule has 3 nitrogen and oxygen atoms in total. The number of hydrogen-bond acceptors (Lipinski definition) is 3. The number of piperidine rings is 1. The maximum Gasteiger partial charge on any atom is 0.305 e. The van der Waals surface area contributed by atoms with Crippen LogP contribution in [0.5, 0.6) is 0 Å². The fourth-order valence-corrected chi connectivity index (χ4v) is 1.59. The standard InChI is InChI=1S/C9H17NO2.2C2H6/c1-10-5-3-8(4-6-10)7-9(11)12-2;2*1-2/h8H,3-7H2,1-2H3;2*1-2H3. The van der Waals surface area contributed by atoms with Gasteiger partial charge in [-0.05, 0) is 38.9 Å². The SMILES string of the molecule is CC.CC.COC(=O)CC1CCN(C)CC1. The third-order valence-electron chi connectivity index (χ3n) is 2.52. The smallest absolute Gasteiger partial charge is 0.305 e. The van der Waals surface area contributed by atoms with Crippen molar-refractivity contribution in [3.8, 4) is 0 Å². The molecule has 0 saturated carbocycles. The molecule has 1 saturated heterocycles. The molecule has 0 aromatic heterocycles. The molecular formula is C13H29NO2. The highest BCUT2D eigenvalue weighted by atomic mass is 16.5. The van der Waals surface area contributed by atoms with E-state index >= 15 is 0 Å². The zero-order chi connectivity index (χ0) is 13.0. The van der Waals surface area contributed by atoms with Crippen LogP contribution in [-0.4, -0.2) is 38.1 Å². The van der Waals surface area contributed by atoms with E-state index < -0.39 is 0 Å². The second-order valence-corrected chi connectivity index (χ2v) is 3.53. The van der Waals surface area contributed by atoms with Gasteiger partial charge in [0.05, 0.1) is 7.11 Å². The number of likely N-dealkylation sites (tertiary alicyclic amines) is 1. The molecule has 98 valence electrons. The lowest BCUT2D eigenvalue weighted by atomic mass is 9.94. The minimum absolute atomic E-state index is 0.0652. The van der Waals surface area contributed by atoms with E-state index in [1.54, 1.807) is 0 Å². The molecule has 16 heavy (non-hydrogen) atoms. The minimum Gasteiger partial charge on any atom is -0.469 e. The lowest BCUT2D eigenvalue weighted by molar-refractivity contribution is -0.142. The van der Waals surface area contributed by atoms with Crippen molar-refractivity contribution in [2.75, 3.05) is 27.2 Å². The summed E-state index contributed by atoms with van der Waals surface area (Å²) < 4.78 is 4.63. The molecular weight excluding hydrogens is 202 g/mol. The Morgan fingerprint density at radius 3 is 2.00 bits per heavy atom. The fourth-order valence-electron chi connectivity index (χ4n) is 1.59. The van der Waals surface area contributed by atoms with Gasteiger partial charge in [-0.2, -0.15) is 0 Å². The van der Waals surface area contributed by atoms with Gasteiger partial charge in [0.2, 0.25) is 0 Å². The summed E-state index contributed by atoms with van der Waals surface area (Å²) >= 11 is 0. The van der Waals surface area contributed by atoms with E-state index in [4.69, 9.17) is 0 Å².